The van der Waals surface area contributed by atoms with E-state index in [9.17, 15) is 0 Å². The minimum Gasteiger partial charge on any atom is -0.454 e. The van der Waals surface area contributed by atoms with Crippen LogP contribution in [-0.4, -0.2) is 42.4 Å². The van der Waals surface area contributed by atoms with Crippen LogP contribution in [0.2, 0.25) is 5.02 Å². The first-order valence-corrected chi connectivity index (χ1v) is 9.13. The summed E-state index contributed by atoms with van der Waals surface area (Å²) in [7, 11) is 4.03. The normalized spacial score (nSPS) is 12.7. The first-order chi connectivity index (χ1) is 12.6. The van der Waals surface area contributed by atoms with Gasteiger partial charge in [-0.15, -0.1) is 24.0 Å². The molecule has 0 fully saturated rings. The largest absolute Gasteiger partial charge is 0.454 e. The lowest BCUT2D eigenvalue weighted by atomic mass is 10.1. The van der Waals surface area contributed by atoms with Gasteiger partial charge in [0.05, 0.1) is 11.6 Å². The molecule has 0 bridgehead atoms. The number of nitrogens with zero attached hydrogens (tertiary/aromatic N) is 3. The number of aryl methyl sites for hydroxylation is 1. The maximum Gasteiger partial charge on any atom is 0.231 e. The number of nitrogens with one attached hydrogen (secondary N) is 1. The van der Waals surface area contributed by atoms with Crippen LogP contribution in [0.15, 0.2) is 35.5 Å². The number of guanidine groups is 1. The van der Waals surface area contributed by atoms with Gasteiger partial charge in [0.1, 0.15) is 0 Å². The van der Waals surface area contributed by atoms with Crippen LogP contribution in [0.3, 0.4) is 0 Å². The van der Waals surface area contributed by atoms with Gasteiger partial charge in [0.2, 0.25) is 6.79 Å². The molecule has 0 saturated heterocycles. The second-order valence-electron chi connectivity index (χ2n) is 6.29. The average molecular weight is 505 g/mol. The highest BCUT2D eigenvalue weighted by Crippen LogP contribution is 2.32. The lowest BCUT2D eigenvalue weighted by Crippen LogP contribution is -2.39. The van der Waals surface area contributed by atoms with Crippen molar-refractivity contribution >= 4 is 41.5 Å². The molecular weight excluding hydrogens is 479 g/mol. The van der Waals surface area contributed by atoms with E-state index in [0.29, 0.717) is 13.3 Å². The molecule has 0 spiro atoms. The van der Waals surface area contributed by atoms with Crippen molar-refractivity contribution in [1.82, 2.24) is 14.8 Å². The number of benzene rings is 1. The fourth-order valence-corrected chi connectivity index (χ4v) is 3.17. The smallest absolute Gasteiger partial charge is 0.231 e. The number of hydrogen-bond donors (Lipinski definition) is 1. The fourth-order valence-electron chi connectivity index (χ4n) is 2.90. The summed E-state index contributed by atoms with van der Waals surface area (Å²) in [4.78, 5) is 6.86. The summed E-state index contributed by atoms with van der Waals surface area (Å²) >= 11 is 6.08. The van der Waals surface area contributed by atoms with Crippen LogP contribution in [0.4, 0.5) is 0 Å². The Kier molecular flexibility index (Phi) is 8.09. The van der Waals surface area contributed by atoms with Crippen molar-refractivity contribution in [3.63, 3.8) is 0 Å². The Morgan fingerprint density at radius 2 is 2.07 bits per heavy atom. The number of ether oxygens (including phenoxy) is 2. The average Bonchev–Trinajstić information content (AvgIpc) is 3.19. The number of halogens is 2. The minimum atomic E-state index is 0. The Bertz CT molecular complexity index is 794. The van der Waals surface area contributed by atoms with Gasteiger partial charge in [-0.2, -0.15) is 0 Å². The van der Waals surface area contributed by atoms with Crippen molar-refractivity contribution in [3.8, 4) is 11.5 Å². The molecule has 0 unspecified atom stereocenters. The molecule has 6 nitrogen and oxygen atoms in total. The van der Waals surface area contributed by atoms with Crippen molar-refractivity contribution in [3.05, 3.63) is 46.7 Å². The Labute approximate surface area is 182 Å². The summed E-state index contributed by atoms with van der Waals surface area (Å²) in [5, 5.41) is 4.10. The molecule has 0 aliphatic carbocycles. The van der Waals surface area contributed by atoms with E-state index in [2.05, 4.69) is 23.2 Å². The number of rotatable bonds is 6. The van der Waals surface area contributed by atoms with Crippen molar-refractivity contribution in [2.45, 2.75) is 19.9 Å². The maximum atomic E-state index is 6.08. The highest BCUT2D eigenvalue weighted by Gasteiger charge is 2.13. The SMILES string of the molecule is CCNC(=NCCc1ccc2c(c1)OCO2)N(C)Cc1cc(Cl)cn1C.I. The van der Waals surface area contributed by atoms with Crippen molar-refractivity contribution in [1.29, 1.82) is 0 Å². The van der Waals surface area contributed by atoms with Crippen LogP contribution in [0.25, 0.3) is 0 Å². The molecule has 2 heterocycles. The molecular formula is C19H26ClIN4O2. The second-order valence-corrected chi connectivity index (χ2v) is 6.73. The molecule has 0 radical (unpaired) electrons. The molecule has 2 aromatic rings. The molecule has 0 amide bonds. The molecule has 1 aromatic heterocycles. The third-order valence-electron chi connectivity index (χ3n) is 4.27. The molecule has 148 valence electrons. The van der Waals surface area contributed by atoms with E-state index < -0.39 is 0 Å². The lowest BCUT2D eigenvalue weighted by molar-refractivity contribution is 0.174. The molecule has 0 saturated carbocycles. The fraction of sp³-hybridized carbons (Fsp3) is 0.421. The Morgan fingerprint density at radius 3 is 2.78 bits per heavy atom. The van der Waals surface area contributed by atoms with Crippen molar-refractivity contribution in [2.75, 3.05) is 26.9 Å². The van der Waals surface area contributed by atoms with Gasteiger partial charge < -0.3 is 24.3 Å². The van der Waals surface area contributed by atoms with E-state index in [1.807, 2.05) is 43.1 Å². The zero-order valence-electron chi connectivity index (χ0n) is 15.9. The first kappa shape index (κ1) is 21.7. The van der Waals surface area contributed by atoms with Crippen LogP contribution < -0.4 is 14.8 Å². The molecule has 1 N–H and O–H groups in total. The summed E-state index contributed by atoms with van der Waals surface area (Å²) in [6, 6.07) is 8.03. The second kappa shape index (κ2) is 10.1. The number of aliphatic imine (C=N–C) groups is 1. The monoisotopic (exact) mass is 504 g/mol. The van der Waals surface area contributed by atoms with Gasteiger partial charge in [-0.25, -0.2) is 0 Å². The molecule has 0 atom stereocenters. The number of fused-ring (bicyclic) bond motifs is 1. The standard InChI is InChI=1S/C19H25ClN4O2.HI/c1-4-21-19(24(3)12-16-10-15(20)11-23(16)2)22-8-7-14-5-6-17-18(9-14)26-13-25-17;/h5-6,9-11H,4,7-8,12-13H2,1-3H3,(H,21,22);1H. The summed E-state index contributed by atoms with van der Waals surface area (Å²) in [6.07, 6.45) is 2.75. The van der Waals surface area contributed by atoms with Gasteiger partial charge in [-0.1, -0.05) is 17.7 Å². The van der Waals surface area contributed by atoms with Crippen LogP contribution in [0.5, 0.6) is 11.5 Å². The highest BCUT2D eigenvalue weighted by atomic mass is 127. The zero-order valence-corrected chi connectivity index (χ0v) is 19.0. The van der Waals surface area contributed by atoms with E-state index in [4.69, 9.17) is 26.1 Å². The van der Waals surface area contributed by atoms with Crippen LogP contribution in [0.1, 0.15) is 18.2 Å². The highest BCUT2D eigenvalue weighted by molar-refractivity contribution is 14.0. The van der Waals surface area contributed by atoms with Gasteiger partial charge in [0.25, 0.3) is 0 Å². The quantitative estimate of drug-likeness (QED) is 0.371. The molecule has 3 rings (SSSR count). The van der Waals surface area contributed by atoms with Gasteiger partial charge in [-0.05, 0) is 37.1 Å². The Balaban J connectivity index is 0.00000261. The number of aromatic nitrogens is 1. The summed E-state index contributed by atoms with van der Waals surface area (Å²) in [5.74, 6) is 2.51. The van der Waals surface area contributed by atoms with Gasteiger partial charge in [0, 0.05) is 39.1 Å². The third-order valence-corrected chi connectivity index (χ3v) is 4.48. The molecule has 1 aliphatic rings. The Morgan fingerprint density at radius 1 is 1.30 bits per heavy atom. The molecule has 1 aromatic carbocycles. The van der Waals surface area contributed by atoms with Crippen molar-refractivity contribution in [2.24, 2.45) is 12.0 Å². The predicted octanol–water partition coefficient (Wildman–Crippen LogP) is 3.67. The van der Waals surface area contributed by atoms with E-state index >= 15 is 0 Å². The molecule has 27 heavy (non-hydrogen) atoms. The number of hydrogen-bond acceptors (Lipinski definition) is 3. The van der Waals surface area contributed by atoms with E-state index in [1.54, 1.807) is 0 Å². The summed E-state index contributed by atoms with van der Waals surface area (Å²) in [5.41, 5.74) is 2.32. The predicted molar refractivity (Wildman–Crippen MR) is 120 cm³/mol. The van der Waals surface area contributed by atoms with Crippen LogP contribution >= 0.6 is 35.6 Å². The Hall–Kier alpha value is -1.61. The van der Waals surface area contributed by atoms with Crippen molar-refractivity contribution < 1.29 is 9.47 Å². The third kappa shape index (κ3) is 5.68. The van der Waals surface area contributed by atoms with Crippen LogP contribution in [0, 0.1) is 0 Å². The van der Waals surface area contributed by atoms with Crippen LogP contribution in [-0.2, 0) is 20.0 Å². The van der Waals surface area contributed by atoms with Gasteiger partial charge >= 0.3 is 0 Å². The zero-order chi connectivity index (χ0) is 18.5. The minimum absolute atomic E-state index is 0. The topological polar surface area (TPSA) is 51.0 Å². The van der Waals surface area contributed by atoms with Gasteiger partial charge in [-0.3, -0.25) is 4.99 Å². The molecule has 1 aliphatic heterocycles. The van der Waals surface area contributed by atoms with E-state index in [0.717, 1.165) is 47.7 Å². The maximum absolute atomic E-state index is 6.08. The van der Waals surface area contributed by atoms with E-state index in [-0.39, 0.29) is 24.0 Å². The van der Waals surface area contributed by atoms with Gasteiger partial charge in [0.15, 0.2) is 17.5 Å². The summed E-state index contributed by atoms with van der Waals surface area (Å²) < 4.78 is 12.8. The summed E-state index contributed by atoms with van der Waals surface area (Å²) in [6.45, 7) is 4.62. The first-order valence-electron chi connectivity index (χ1n) is 8.75. The molecule has 8 heteroatoms. The van der Waals surface area contributed by atoms with E-state index in [1.165, 1.54) is 5.56 Å². The lowest BCUT2D eigenvalue weighted by Gasteiger charge is -2.22.